The van der Waals surface area contributed by atoms with Gasteiger partial charge >= 0.3 is 5.97 Å². The fraction of sp³-hybridized carbons (Fsp3) is 0.850. The predicted molar refractivity (Wildman–Crippen MR) is 92.0 cm³/mol. The Morgan fingerprint density at radius 2 is 1.96 bits per heavy atom. The third-order valence-corrected chi connectivity index (χ3v) is 7.97. The van der Waals surface area contributed by atoms with E-state index in [1.165, 1.54) is 6.08 Å². The summed E-state index contributed by atoms with van der Waals surface area (Å²) in [6.07, 6.45) is 7.29. The minimum Gasteiger partial charge on any atom is -0.429 e. The van der Waals surface area contributed by atoms with Crippen molar-refractivity contribution in [3.63, 3.8) is 0 Å². The quantitative estimate of drug-likeness (QED) is 0.773. The van der Waals surface area contributed by atoms with Gasteiger partial charge in [-0.1, -0.05) is 27.2 Å². The van der Waals surface area contributed by atoms with Crippen molar-refractivity contribution < 1.29 is 19.7 Å². The molecule has 0 bridgehead atoms. The summed E-state index contributed by atoms with van der Waals surface area (Å²) in [5.74, 6) is 0.596. The lowest BCUT2D eigenvalue weighted by atomic mass is 9.43. The second-order valence-corrected chi connectivity index (χ2v) is 9.09. The summed E-state index contributed by atoms with van der Waals surface area (Å²) in [4.78, 5) is 11.3. The lowest BCUT2D eigenvalue weighted by molar-refractivity contribution is -0.192. The van der Waals surface area contributed by atoms with Gasteiger partial charge in [-0.15, -0.1) is 0 Å². The molecule has 0 aromatic carbocycles. The molecule has 0 aromatic rings. The fourth-order valence-corrected chi connectivity index (χ4v) is 5.79. The SMILES string of the molecule is C[C@@H]1CC[C@]2(C)[C@H](CCC[C@]2(C)O)[C@@]1(C)CCC1=CC(=O)O[C@@H]1O. The number of carbonyl (C=O) groups is 1. The molecule has 1 heterocycles. The molecule has 1 aliphatic heterocycles. The Hall–Kier alpha value is -0.870. The summed E-state index contributed by atoms with van der Waals surface area (Å²) >= 11 is 0. The number of rotatable bonds is 3. The van der Waals surface area contributed by atoms with E-state index in [4.69, 9.17) is 4.74 Å². The molecule has 4 heteroatoms. The molecule has 2 N–H and O–H groups in total. The van der Waals surface area contributed by atoms with E-state index < -0.39 is 17.9 Å². The van der Waals surface area contributed by atoms with Gasteiger partial charge in [0.25, 0.3) is 0 Å². The van der Waals surface area contributed by atoms with E-state index in [1.807, 2.05) is 6.92 Å². The largest absolute Gasteiger partial charge is 0.429 e. The summed E-state index contributed by atoms with van der Waals surface area (Å²) in [5, 5.41) is 20.9. The molecule has 0 aromatic heterocycles. The van der Waals surface area contributed by atoms with E-state index in [2.05, 4.69) is 20.8 Å². The van der Waals surface area contributed by atoms with Crippen LogP contribution in [0.1, 0.15) is 72.6 Å². The smallest absolute Gasteiger partial charge is 0.333 e. The van der Waals surface area contributed by atoms with E-state index in [1.54, 1.807) is 0 Å². The first-order valence-electron chi connectivity index (χ1n) is 9.42. The molecule has 24 heavy (non-hydrogen) atoms. The molecule has 0 radical (unpaired) electrons. The highest BCUT2D eigenvalue weighted by molar-refractivity contribution is 5.85. The Bertz CT molecular complexity index is 552. The van der Waals surface area contributed by atoms with Gasteiger partial charge in [-0.05, 0) is 68.1 Å². The first kappa shape index (κ1) is 17.9. The van der Waals surface area contributed by atoms with Crippen LogP contribution in [0.5, 0.6) is 0 Å². The molecular weight excluding hydrogens is 304 g/mol. The van der Waals surface area contributed by atoms with Crippen molar-refractivity contribution in [1.82, 2.24) is 0 Å². The molecule has 3 rings (SSSR count). The van der Waals surface area contributed by atoms with Gasteiger partial charge in [0.1, 0.15) is 0 Å². The third-order valence-electron chi connectivity index (χ3n) is 7.97. The summed E-state index contributed by atoms with van der Waals surface area (Å²) in [7, 11) is 0. The van der Waals surface area contributed by atoms with Crippen LogP contribution in [0.25, 0.3) is 0 Å². The molecule has 2 saturated carbocycles. The van der Waals surface area contributed by atoms with Crippen molar-refractivity contribution in [3.8, 4) is 0 Å². The Balaban J connectivity index is 1.83. The summed E-state index contributed by atoms with van der Waals surface area (Å²) < 4.78 is 4.82. The van der Waals surface area contributed by atoms with E-state index in [-0.39, 0.29) is 10.8 Å². The molecule has 0 unspecified atom stereocenters. The van der Waals surface area contributed by atoms with Crippen molar-refractivity contribution in [1.29, 1.82) is 0 Å². The number of aliphatic hydroxyl groups excluding tert-OH is 1. The van der Waals surface area contributed by atoms with Gasteiger partial charge in [0.15, 0.2) is 0 Å². The second kappa shape index (κ2) is 5.84. The monoisotopic (exact) mass is 336 g/mol. The van der Waals surface area contributed by atoms with Gasteiger partial charge < -0.3 is 14.9 Å². The molecule has 0 spiro atoms. The van der Waals surface area contributed by atoms with Gasteiger partial charge in [-0.2, -0.15) is 0 Å². The molecule has 3 aliphatic rings. The molecule has 2 aliphatic carbocycles. The zero-order chi connectivity index (χ0) is 17.8. The standard InChI is InChI=1S/C20H32O4/c1-13-7-11-19(3)15(6-5-9-20(19,4)23)18(13,2)10-8-14-12-16(21)24-17(14)22/h12-13,15,17,22-23H,5-11H2,1-4H3/t13-,15-,17+,18+,19-,20+/m1/s1. The molecule has 6 atom stereocenters. The molecule has 0 amide bonds. The summed E-state index contributed by atoms with van der Waals surface area (Å²) in [6.45, 7) is 8.97. The van der Waals surface area contributed by atoms with Gasteiger partial charge in [-0.3, -0.25) is 0 Å². The Kier molecular flexibility index (Phi) is 4.37. The zero-order valence-corrected chi connectivity index (χ0v) is 15.5. The van der Waals surface area contributed by atoms with Gasteiger partial charge in [0.05, 0.1) is 5.60 Å². The predicted octanol–water partition coefficient (Wildman–Crippen LogP) is 3.56. The Morgan fingerprint density at radius 3 is 2.58 bits per heavy atom. The molecular formula is C20H32O4. The highest BCUT2D eigenvalue weighted by atomic mass is 16.6. The number of aliphatic hydroxyl groups is 2. The van der Waals surface area contributed by atoms with Crippen LogP contribution in [-0.2, 0) is 9.53 Å². The number of fused-ring (bicyclic) bond motifs is 1. The highest BCUT2D eigenvalue weighted by Gasteiger charge is 2.59. The molecule has 4 nitrogen and oxygen atoms in total. The fourth-order valence-electron chi connectivity index (χ4n) is 5.79. The molecule has 2 fully saturated rings. The highest BCUT2D eigenvalue weighted by Crippen LogP contribution is 2.64. The maximum atomic E-state index is 11.3. The topological polar surface area (TPSA) is 66.8 Å². The zero-order valence-electron chi connectivity index (χ0n) is 15.5. The van der Waals surface area contributed by atoms with Crippen molar-refractivity contribution in [3.05, 3.63) is 11.6 Å². The number of hydrogen-bond acceptors (Lipinski definition) is 4. The van der Waals surface area contributed by atoms with Crippen LogP contribution in [0, 0.1) is 22.7 Å². The lowest BCUT2D eigenvalue weighted by Crippen LogP contribution is -2.60. The Morgan fingerprint density at radius 1 is 1.25 bits per heavy atom. The van der Waals surface area contributed by atoms with Crippen LogP contribution >= 0.6 is 0 Å². The number of esters is 1. The molecule has 0 saturated heterocycles. The maximum absolute atomic E-state index is 11.3. The number of hydrogen-bond donors (Lipinski definition) is 2. The van der Waals surface area contributed by atoms with Crippen LogP contribution in [0.2, 0.25) is 0 Å². The summed E-state index contributed by atoms with van der Waals surface area (Å²) in [6, 6.07) is 0. The van der Waals surface area contributed by atoms with Crippen molar-refractivity contribution in [2.45, 2.75) is 84.5 Å². The maximum Gasteiger partial charge on any atom is 0.333 e. The number of cyclic esters (lactones) is 1. The third kappa shape index (κ3) is 2.62. The minimum atomic E-state index is -1.07. The van der Waals surface area contributed by atoms with Gasteiger partial charge in [-0.25, -0.2) is 4.79 Å². The number of ether oxygens (including phenoxy) is 1. The van der Waals surface area contributed by atoms with Crippen LogP contribution < -0.4 is 0 Å². The van der Waals surface area contributed by atoms with Crippen LogP contribution in [0.3, 0.4) is 0 Å². The van der Waals surface area contributed by atoms with E-state index in [0.717, 1.165) is 38.5 Å². The lowest BCUT2D eigenvalue weighted by Gasteiger charge is -2.63. The average Bonchev–Trinajstić information content (AvgIpc) is 2.82. The van der Waals surface area contributed by atoms with E-state index >= 15 is 0 Å². The van der Waals surface area contributed by atoms with Crippen LogP contribution in [-0.4, -0.2) is 28.1 Å². The van der Waals surface area contributed by atoms with E-state index in [9.17, 15) is 15.0 Å². The van der Waals surface area contributed by atoms with E-state index in [0.29, 0.717) is 23.8 Å². The minimum absolute atomic E-state index is 0.0541. The number of carbonyl (C=O) groups excluding carboxylic acids is 1. The average molecular weight is 336 g/mol. The van der Waals surface area contributed by atoms with Crippen molar-refractivity contribution >= 4 is 5.97 Å². The summed E-state index contributed by atoms with van der Waals surface area (Å²) in [5.41, 5.74) is 0.136. The van der Waals surface area contributed by atoms with Gasteiger partial charge in [0.2, 0.25) is 6.29 Å². The first-order valence-corrected chi connectivity index (χ1v) is 9.42. The van der Waals surface area contributed by atoms with Crippen LogP contribution in [0.4, 0.5) is 0 Å². The first-order chi connectivity index (χ1) is 11.1. The molecule has 136 valence electrons. The van der Waals surface area contributed by atoms with Gasteiger partial charge in [0, 0.05) is 11.6 Å². The second-order valence-electron chi connectivity index (χ2n) is 9.09. The van der Waals surface area contributed by atoms with Crippen molar-refractivity contribution in [2.24, 2.45) is 22.7 Å². The normalized spacial score (nSPS) is 48.7. The van der Waals surface area contributed by atoms with Crippen molar-refractivity contribution in [2.75, 3.05) is 0 Å². The van der Waals surface area contributed by atoms with Crippen LogP contribution in [0.15, 0.2) is 11.6 Å². The Labute approximate surface area is 145 Å².